The standard InChI is InChI=1S/C14H25NO5/c1-13(2)14(16)20-8-5-15-3-6-17-9-11-19-12-10-18-7-4-15/h1,3-12H2,2H3. The van der Waals surface area contributed by atoms with Gasteiger partial charge in [0.1, 0.15) is 6.61 Å². The summed E-state index contributed by atoms with van der Waals surface area (Å²) in [5, 5.41) is 0. The lowest BCUT2D eigenvalue weighted by molar-refractivity contribution is -0.139. The van der Waals surface area contributed by atoms with Gasteiger partial charge in [-0.2, -0.15) is 0 Å². The zero-order valence-electron chi connectivity index (χ0n) is 12.3. The second-order valence-corrected chi connectivity index (χ2v) is 4.60. The molecule has 6 heteroatoms. The zero-order chi connectivity index (χ0) is 14.6. The van der Waals surface area contributed by atoms with Crippen LogP contribution in [0.15, 0.2) is 12.2 Å². The van der Waals surface area contributed by atoms with Crippen molar-refractivity contribution < 1.29 is 23.7 Å². The molecule has 1 aliphatic heterocycles. The first-order chi connectivity index (χ1) is 9.70. The van der Waals surface area contributed by atoms with Crippen molar-refractivity contribution in [1.82, 2.24) is 4.90 Å². The third-order valence-corrected chi connectivity index (χ3v) is 2.84. The largest absolute Gasteiger partial charge is 0.461 e. The molecule has 6 nitrogen and oxygen atoms in total. The lowest BCUT2D eigenvalue weighted by atomic mass is 10.4. The summed E-state index contributed by atoms with van der Waals surface area (Å²) in [7, 11) is 0. The van der Waals surface area contributed by atoms with Crippen molar-refractivity contribution in [2.45, 2.75) is 6.92 Å². The van der Waals surface area contributed by atoms with Crippen LogP contribution < -0.4 is 0 Å². The molecule has 0 aromatic carbocycles. The molecule has 1 saturated heterocycles. The number of nitrogens with zero attached hydrogens (tertiary/aromatic N) is 1. The van der Waals surface area contributed by atoms with Gasteiger partial charge < -0.3 is 18.9 Å². The first-order valence-corrected chi connectivity index (χ1v) is 6.98. The number of hydrogen-bond donors (Lipinski definition) is 0. The average Bonchev–Trinajstić information content (AvgIpc) is 2.41. The van der Waals surface area contributed by atoms with E-state index in [9.17, 15) is 4.79 Å². The molecule has 0 saturated carbocycles. The molecule has 0 amide bonds. The Bertz CT molecular complexity index is 283. The Morgan fingerprint density at radius 2 is 1.55 bits per heavy atom. The summed E-state index contributed by atoms with van der Waals surface area (Å²) in [5.74, 6) is -0.344. The van der Waals surface area contributed by atoms with Gasteiger partial charge in [0.2, 0.25) is 0 Å². The maximum Gasteiger partial charge on any atom is 0.333 e. The van der Waals surface area contributed by atoms with Crippen molar-refractivity contribution in [2.24, 2.45) is 0 Å². The third-order valence-electron chi connectivity index (χ3n) is 2.84. The highest BCUT2D eigenvalue weighted by Gasteiger charge is 2.08. The molecule has 0 atom stereocenters. The highest BCUT2D eigenvalue weighted by molar-refractivity contribution is 5.86. The molecule has 0 aromatic rings. The van der Waals surface area contributed by atoms with Gasteiger partial charge in [0, 0.05) is 25.2 Å². The molecule has 0 unspecified atom stereocenters. The molecule has 0 spiro atoms. The van der Waals surface area contributed by atoms with E-state index in [-0.39, 0.29) is 5.97 Å². The smallest absolute Gasteiger partial charge is 0.333 e. The molecule has 1 rings (SSSR count). The topological polar surface area (TPSA) is 57.2 Å². The summed E-state index contributed by atoms with van der Waals surface area (Å²) in [6.07, 6.45) is 0. The number of carbonyl (C=O) groups is 1. The van der Waals surface area contributed by atoms with Crippen LogP contribution in [0.1, 0.15) is 6.92 Å². The summed E-state index contributed by atoms with van der Waals surface area (Å²) < 4.78 is 21.4. The highest BCUT2D eigenvalue weighted by atomic mass is 16.5. The van der Waals surface area contributed by atoms with Crippen molar-refractivity contribution in [3.8, 4) is 0 Å². The SMILES string of the molecule is C=C(C)C(=O)OCCN1CCOCCOCCOCC1. The summed E-state index contributed by atoms with van der Waals surface area (Å²) in [6.45, 7) is 11.4. The number of ether oxygens (including phenoxy) is 4. The van der Waals surface area contributed by atoms with E-state index in [1.165, 1.54) is 0 Å². The molecule has 1 heterocycles. The van der Waals surface area contributed by atoms with Gasteiger partial charge in [-0.05, 0) is 6.92 Å². The van der Waals surface area contributed by atoms with Crippen LogP contribution in [0.4, 0.5) is 0 Å². The maximum absolute atomic E-state index is 11.3. The van der Waals surface area contributed by atoms with E-state index in [1.54, 1.807) is 6.92 Å². The maximum atomic E-state index is 11.3. The van der Waals surface area contributed by atoms with Gasteiger partial charge in [0.25, 0.3) is 0 Å². The summed E-state index contributed by atoms with van der Waals surface area (Å²) in [5.41, 5.74) is 0.422. The Kier molecular flexibility index (Phi) is 9.23. The Labute approximate surface area is 120 Å². The van der Waals surface area contributed by atoms with Crippen molar-refractivity contribution >= 4 is 5.97 Å². The van der Waals surface area contributed by atoms with E-state index in [0.717, 1.165) is 13.1 Å². The predicted octanol–water partition coefficient (Wildman–Crippen LogP) is 0.471. The molecule has 116 valence electrons. The van der Waals surface area contributed by atoms with Gasteiger partial charge in [-0.15, -0.1) is 0 Å². The molecule has 0 aliphatic carbocycles. The Morgan fingerprint density at radius 1 is 1.05 bits per heavy atom. The van der Waals surface area contributed by atoms with Gasteiger partial charge >= 0.3 is 5.97 Å². The van der Waals surface area contributed by atoms with Gasteiger partial charge in [0.15, 0.2) is 0 Å². The van der Waals surface area contributed by atoms with Crippen molar-refractivity contribution in [2.75, 3.05) is 65.9 Å². The lowest BCUT2D eigenvalue weighted by Crippen LogP contribution is -2.35. The molecule has 0 N–H and O–H groups in total. The van der Waals surface area contributed by atoms with Crippen LogP contribution in [0.3, 0.4) is 0 Å². The number of rotatable bonds is 4. The summed E-state index contributed by atoms with van der Waals surface area (Å²) >= 11 is 0. The molecule has 20 heavy (non-hydrogen) atoms. The number of hydrogen-bond acceptors (Lipinski definition) is 6. The highest BCUT2D eigenvalue weighted by Crippen LogP contribution is 1.96. The third kappa shape index (κ3) is 8.27. The minimum atomic E-state index is -0.344. The fourth-order valence-electron chi connectivity index (χ4n) is 1.66. The molecular formula is C14H25NO5. The minimum Gasteiger partial charge on any atom is -0.461 e. The number of esters is 1. The monoisotopic (exact) mass is 287 g/mol. The van der Waals surface area contributed by atoms with Crippen molar-refractivity contribution in [3.05, 3.63) is 12.2 Å². The molecule has 0 bridgehead atoms. The second-order valence-electron chi connectivity index (χ2n) is 4.60. The Hall–Kier alpha value is -0.950. The van der Waals surface area contributed by atoms with Crippen LogP contribution >= 0.6 is 0 Å². The second kappa shape index (κ2) is 10.8. The van der Waals surface area contributed by atoms with Gasteiger partial charge in [-0.1, -0.05) is 6.58 Å². The first-order valence-electron chi connectivity index (χ1n) is 6.98. The predicted molar refractivity (Wildman–Crippen MR) is 74.7 cm³/mol. The lowest BCUT2D eigenvalue weighted by Gasteiger charge is -2.22. The van der Waals surface area contributed by atoms with Gasteiger partial charge in [-0.25, -0.2) is 4.79 Å². The van der Waals surface area contributed by atoms with Crippen molar-refractivity contribution in [1.29, 1.82) is 0 Å². The quantitative estimate of drug-likeness (QED) is 0.553. The number of carbonyl (C=O) groups excluding carboxylic acids is 1. The zero-order valence-corrected chi connectivity index (χ0v) is 12.3. The molecule has 0 aromatic heterocycles. The van der Waals surface area contributed by atoms with Crippen LogP contribution in [0.2, 0.25) is 0 Å². The fourth-order valence-corrected chi connectivity index (χ4v) is 1.66. The normalized spacial score (nSPS) is 19.6. The van der Waals surface area contributed by atoms with Crippen LogP contribution in [-0.2, 0) is 23.7 Å². The van der Waals surface area contributed by atoms with Crippen LogP contribution in [0.25, 0.3) is 0 Å². The molecular weight excluding hydrogens is 262 g/mol. The summed E-state index contributed by atoms with van der Waals surface area (Å²) in [4.78, 5) is 13.4. The Morgan fingerprint density at radius 3 is 2.05 bits per heavy atom. The van der Waals surface area contributed by atoms with Crippen LogP contribution in [0.5, 0.6) is 0 Å². The van der Waals surface area contributed by atoms with Gasteiger partial charge in [0.05, 0.1) is 39.6 Å². The van der Waals surface area contributed by atoms with Crippen molar-refractivity contribution in [3.63, 3.8) is 0 Å². The van der Waals surface area contributed by atoms with Crippen LogP contribution in [-0.4, -0.2) is 76.8 Å². The van der Waals surface area contributed by atoms with E-state index in [2.05, 4.69) is 11.5 Å². The van der Waals surface area contributed by atoms with Gasteiger partial charge in [-0.3, -0.25) is 4.90 Å². The van der Waals surface area contributed by atoms with Crippen LogP contribution in [0, 0.1) is 0 Å². The average molecular weight is 287 g/mol. The molecule has 1 aliphatic rings. The fraction of sp³-hybridized carbons (Fsp3) is 0.786. The molecule has 0 radical (unpaired) electrons. The van der Waals surface area contributed by atoms with E-state index in [4.69, 9.17) is 18.9 Å². The van der Waals surface area contributed by atoms with E-state index < -0.39 is 0 Å². The minimum absolute atomic E-state index is 0.344. The molecule has 1 fully saturated rings. The van der Waals surface area contributed by atoms with E-state index in [0.29, 0.717) is 58.4 Å². The first kappa shape index (κ1) is 17.1. The summed E-state index contributed by atoms with van der Waals surface area (Å²) in [6, 6.07) is 0. The Balaban J connectivity index is 2.24. The van der Waals surface area contributed by atoms with E-state index in [1.807, 2.05) is 0 Å². The van der Waals surface area contributed by atoms with E-state index >= 15 is 0 Å².